The van der Waals surface area contributed by atoms with Crippen molar-refractivity contribution < 1.29 is 4.79 Å². The maximum absolute atomic E-state index is 12.6. The molecule has 0 aliphatic heterocycles. The lowest BCUT2D eigenvalue weighted by Crippen LogP contribution is -2.11. The lowest BCUT2D eigenvalue weighted by Gasteiger charge is -2.07. The van der Waals surface area contributed by atoms with Crippen LogP contribution in [-0.4, -0.2) is 15.5 Å². The number of aromatic nitrogens is 2. The van der Waals surface area contributed by atoms with Crippen molar-refractivity contribution in [2.24, 2.45) is 0 Å². The first-order valence-corrected chi connectivity index (χ1v) is 8.09. The number of carbonyl (C=O) groups excluding carboxylic acids is 1. The topological polar surface area (TPSA) is 54.9 Å². The van der Waals surface area contributed by atoms with Crippen molar-refractivity contribution in [3.63, 3.8) is 0 Å². The Labute approximate surface area is 139 Å². The normalized spacial score (nSPS) is 10.6. The van der Waals surface area contributed by atoms with Gasteiger partial charge in [0, 0.05) is 11.3 Å². The molecule has 1 aromatic heterocycles. The molecule has 4 nitrogen and oxygen atoms in total. The largest absolute Gasteiger partial charge is 0.321 e. The van der Waals surface area contributed by atoms with E-state index in [-0.39, 0.29) is 5.91 Å². The fraction of sp³-hybridized carbons (Fsp3) is 0.167. The number of rotatable bonds is 3. The van der Waals surface area contributed by atoms with Gasteiger partial charge in [0.25, 0.3) is 5.91 Å². The lowest BCUT2D eigenvalue weighted by molar-refractivity contribution is 0.103. The molecule has 3 aromatic rings. The summed E-state index contributed by atoms with van der Waals surface area (Å²) in [6, 6.07) is 13.9. The van der Waals surface area contributed by atoms with Crippen molar-refractivity contribution in [1.29, 1.82) is 0 Å². The molecular formula is C18H17N3OS. The Kier molecular flexibility index (Phi) is 4.21. The number of benzene rings is 2. The average Bonchev–Trinajstić information content (AvgIpc) is 2.96. The molecule has 0 spiro atoms. The highest BCUT2D eigenvalue weighted by Crippen LogP contribution is 2.25. The molecule has 23 heavy (non-hydrogen) atoms. The summed E-state index contributed by atoms with van der Waals surface area (Å²) in [5.41, 5.74) is 5.70. The molecule has 0 radical (unpaired) electrons. The van der Waals surface area contributed by atoms with Crippen LogP contribution in [0.15, 0.2) is 42.5 Å². The fourth-order valence-electron chi connectivity index (χ4n) is 2.47. The minimum atomic E-state index is -0.180. The van der Waals surface area contributed by atoms with E-state index >= 15 is 0 Å². The van der Waals surface area contributed by atoms with E-state index in [4.69, 9.17) is 0 Å². The van der Waals surface area contributed by atoms with Gasteiger partial charge in [0.1, 0.15) is 10.6 Å². The highest BCUT2D eigenvalue weighted by molar-refractivity contribution is 7.08. The summed E-state index contributed by atoms with van der Waals surface area (Å²) in [5, 5.41) is 7.06. The Bertz CT molecular complexity index is 833. The number of anilines is 1. The third kappa shape index (κ3) is 3.46. The Hall–Kier alpha value is -2.53. The van der Waals surface area contributed by atoms with Gasteiger partial charge < -0.3 is 5.32 Å². The van der Waals surface area contributed by atoms with Gasteiger partial charge in [-0.1, -0.05) is 40.4 Å². The van der Waals surface area contributed by atoms with E-state index in [0.29, 0.717) is 10.6 Å². The second kappa shape index (κ2) is 6.30. The van der Waals surface area contributed by atoms with E-state index < -0.39 is 0 Å². The summed E-state index contributed by atoms with van der Waals surface area (Å²) in [5.74, 6) is -0.180. The van der Waals surface area contributed by atoms with Gasteiger partial charge in [0.15, 0.2) is 0 Å². The monoisotopic (exact) mass is 323 g/mol. The zero-order valence-electron chi connectivity index (χ0n) is 13.3. The van der Waals surface area contributed by atoms with Gasteiger partial charge in [-0.25, -0.2) is 0 Å². The maximum Gasteiger partial charge on any atom is 0.269 e. The van der Waals surface area contributed by atoms with Gasteiger partial charge in [-0.05, 0) is 55.6 Å². The Morgan fingerprint density at radius 1 is 0.957 bits per heavy atom. The van der Waals surface area contributed by atoms with E-state index in [0.717, 1.165) is 39.5 Å². The molecule has 0 bridgehead atoms. The zero-order chi connectivity index (χ0) is 16.4. The van der Waals surface area contributed by atoms with E-state index in [9.17, 15) is 4.79 Å². The van der Waals surface area contributed by atoms with E-state index in [1.807, 2.05) is 57.2 Å². The van der Waals surface area contributed by atoms with Gasteiger partial charge in [-0.3, -0.25) is 4.79 Å². The molecular weight excluding hydrogens is 306 g/mol. The summed E-state index contributed by atoms with van der Waals surface area (Å²) in [6.45, 7) is 6.04. The van der Waals surface area contributed by atoms with Crippen molar-refractivity contribution in [3.8, 4) is 11.3 Å². The third-order valence-electron chi connectivity index (χ3n) is 3.50. The number of nitrogens with zero attached hydrogens (tertiary/aromatic N) is 2. The molecule has 0 aliphatic carbocycles. The molecule has 1 heterocycles. The SMILES string of the molecule is Cc1ccc(-c2nnsc2C(=O)Nc2cc(C)cc(C)c2)cc1. The summed E-state index contributed by atoms with van der Waals surface area (Å²) >= 11 is 1.11. The molecule has 5 heteroatoms. The van der Waals surface area contributed by atoms with Gasteiger partial charge in [-0.15, -0.1) is 5.10 Å². The second-order valence-corrected chi connectivity index (χ2v) is 6.40. The molecule has 1 amide bonds. The summed E-state index contributed by atoms with van der Waals surface area (Å²) in [4.78, 5) is 13.1. The minimum Gasteiger partial charge on any atom is -0.321 e. The number of hydrogen-bond acceptors (Lipinski definition) is 4. The van der Waals surface area contributed by atoms with Crippen LogP contribution < -0.4 is 5.32 Å². The summed E-state index contributed by atoms with van der Waals surface area (Å²) in [7, 11) is 0. The molecule has 2 aromatic carbocycles. The molecule has 3 rings (SSSR count). The van der Waals surface area contributed by atoms with Crippen LogP contribution in [0.5, 0.6) is 0 Å². The second-order valence-electron chi connectivity index (χ2n) is 5.65. The van der Waals surface area contributed by atoms with Crippen LogP contribution in [0.25, 0.3) is 11.3 Å². The van der Waals surface area contributed by atoms with Crippen molar-refractivity contribution in [1.82, 2.24) is 9.59 Å². The first kappa shape index (κ1) is 15.4. The van der Waals surface area contributed by atoms with Gasteiger partial charge in [-0.2, -0.15) is 0 Å². The van der Waals surface area contributed by atoms with Crippen LogP contribution in [0.4, 0.5) is 5.69 Å². The van der Waals surface area contributed by atoms with Gasteiger partial charge in [0.05, 0.1) is 0 Å². The predicted molar refractivity (Wildman–Crippen MR) is 94.0 cm³/mol. The standard InChI is InChI=1S/C18H17N3OS/c1-11-4-6-14(7-5-11)16-17(23-21-20-16)18(22)19-15-9-12(2)8-13(3)10-15/h4-10H,1-3H3,(H,19,22). The van der Waals surface area contributed by atoms with Crippen molar-refractivity contribution in [2.45, 2.75) is 20.8 Å². The molecule has 0 fully saturated rings. The van der Waals surface area contributed by atoms with Crippen LogP contribution in [0.3, 0.4) is 0 Å². The van der Waals surface area contributed by atoms with Gasteiger partial charge in [0.2, 0.25) is 0 Å². The Morgan fingerprint density at radius 2 is 1.61 bits per heavy atom. The molecule has 0 saturated carbocycles. The maximum atomic E-state index is 12.6. The number of hydrogen-bond donors (Lipinski definition) is 1. The highest BCUT2D eigenvalue weighted by Gasteiger charge is 2.18. The quantitative estimate of drug-likeness (QED) is 0.778. The number of aryl methyl sites for hydroxylation is 3. The number of carbonyl (C=O) groups is 1. The van der Waals surface area contributed by atoms with Crippen LogP contribution in [0.2, 0.25) is 0 Å². The molecule has 0 aliphatic rings. The van der Waals surface area contributed by atoms with Crippen molar-refractivity contribution in [2.75, 3.05) is 5.32 Å². The number of amides is 1. The van der Waals surface area contributed by atoms with Crippen LogP contribution in [0, 0.1) is 20.8 Å². The Morgan fingerprint density at radius 3 is 2.26 bits per heavy atom. The lowest BCUT2D eigenvalue weighted by atomic mass is 10.1. The van der Waals surface area contributed by atoms with E-state index in [2.05, 4.69) is 21.0 Å². The van der Waals surface area contributed by atoms with Crippen molar-refractivity contribution in [3.05, 3.63) is 64.0 Å². The highest BCUT2D eigenvalue weighted by atomic mass is 32.1. The molecule has 1 N–H and O–H groups in total. The minimum absolute atomic E-state index is 0.180. The van der Waals surface area contributed by atoms with Crippen LogP contribution in [-0.2, 0) is 0 Å². The summed E-state index contributed by atoms with van der Waals surface area (Å²) in [6.07, 6.45) is 0. The molecule has 0 saturated heterocycles. The average molecular weight is 323 g/mol. The predicted octanol–water partition coefficient (Wildman–Crippen LogP) is 4.38. The summed E-state index contributed by atoms with van der Waals surface area (Å²) < 4.78 is 3.95. The molecule has 0 unspecified atom stereocenters. The first-order chi connectivity index (χ1) is 11.0. The van der Waals surface area contributed by atoms with Crippen molar-refractivity contribution >= 4 is 23.1 Å². The van der Waals surface area contributed by atoms with Crippen LogP contribution >= 0.6 is 11.5 Å². The first-order valence-electron chi connectivity index (χ1n) is 7.32. The fourth-order valence-corrected chi connectivity index (χ4v) is 3.06. The van der Waals surface area contributed by atoms with Crippen LogP contribution in [0.1, 0.15) is 26.4 Å². The third-order valence-corrected chi connectivity index (χ3v) is 4.22. The van der Waals surface area contributed by atoms with E-state index in [1.54, 1.807) is 0 Å². The molecule has 116 valence electrons. The van der Waals surface area contributed by atoms with E-state index in [1.165, 1.54) is 0 Å². The zero-order valence-corrected chi connectivity index (χ0v) is 14.1. The smallest absolute Gasteiger partial charge is 0.269 e. The van der Waals surface area contributed by atoms with Gasteiger partial charge >= 0.3 is 0 Å². The number of nitrogens with one attached hydrogen (secondary N) is 1. The Balaban J connectivity index is 1.89. The molecule has 0 atom stereocenters.